The quantitative estimate of drug-likeness (QED) is 0.194. The van der Waals surface area contributed by atoms with Crippen LogP contribution in [0.25, 0.3) is 5.57 Å². The maximum absolute atomic E-state index is 13.4. The summed E-state index contributed by atoms with van der Waals surface area (Å²) in [6.45, 7) is 0. The van der Waals surface area contributed by atoms with Gasteiger partial charge in [-0.2, -0.15) is 9.83 Å². The maximum Gasteiger partial charge on any atom is 0.668 e. The molecule has 0 amide bonds. The van der Waals surface area contributed by atoms with Crippen LogP contribution in [0, 0.1) is 11.3 Å². The third-order valence-corrected chi connectivity index (χ3v) is 6.61. The number of benzene rings is 3. The number of para-hydroxylation sites is 2. The smallest absolute Gasteiger partial charge is 0.497 e. The standard InChI is InChI=1S/C25H19N2O5PS/c1-29-20-14-12-19(13-15-20)23(18-26)24-16-17-25(34-24)27-32-33(28,30-21-8-4-2-5-9-21)31-22-10-6-3-7-11-22/h2-17H,1H3. The van der Waals surface area contributed by atoms with E-state index in [4.69, 9.17) is 18.4 Å². The highest BCUT2D eigenvalue weighted by Gasteiger charge is 2.34. The summed E-state index contributed by atoms with van der Waals surface area (Å²) in [5, 5.41) is 14.1. The molecule has 9 heteroatoms. The molecule has 1 aliphatic rings. The minimum Gasteiger partial charge on any atom is -0.497 e. The van der Waals surface area contributed by atoms with Gasteiger partial charge in [0, 0.05) is 4.91 Å². The van der Waals surface area contributed by atoms with Crippen molar-refractivity contribution in [3.8, 4) is 23.3 Å². The molecule has 0 atom stereocenters. The monoisotopic (exact) mass is 490 g/mol. The summed E-state index contributed by atoms with van der Waals surface area (Å²) < 4.78 is 35.0. The van der Waals surface area contributed by atoms with Gasteiger partial charge in [0.25, 0.3) is 0 Å². The molecule has 0 saturated carbocycles. The molecule has 0 spiro atoms. The highest BCUT2D eigenvalue weighted by molar-refractivity contribution is 8.18. The highest BCUT2D eigenvalue weighted by atomic mass is 32.2. The van der Waals surface area contributed by atoms with E-state index in [0.717, 1.165) is 5.56 Å². The van der Waals surface area contributed by atoms with Crippen LogP contribution in [0.3, 0.4) is 0 Å². The van der Waals surface area contributed by atoms with Gasteiger partial charge in [-0.3, -0.25) is 4.62 Å². The van der Waals surface area contributed by atoms with Crippen LogP contribution in [-0.4, -0.2) is 12.2 Å². The zero-order valence-electron chi connectivity index (χ0n) is 18.0. The van der Waals surface area contributed by atoms with Crippen LogP contribution >= 0.6 is 19.6 Å². The molecule has 1 aliphatic heterocycles. The SMILES string of the molecule is COc1ccc(C(C#N)=C2C=CC(=NOP(=O)(Oc3ccccc3)Oc3ccccc3)S2)cc1. The molecule has 3 aromatic carbocycles. The number of phosphoric acid groups is 1. The van der Waals surface area contributed by atoms with Gasteiger partial charge in [0.2, 0.25) is 0 Å². The van der Waals surface area contributed by atoms with Gasteiger partial charge in [-0.25, -0.2) is 0 Å². The summed E-state index contributed by atoms with van der Waals surface area (Å²) in [6.07, 6.45) is 3.41. The van der Waals surface area contributed by atoms with Crippen LogP contribution in [0.5, 0.6) is 17.2 Å². The summed E-state index contributed by atoms with van der Waals surface area (Å²) >= 11 is 1.21. The Labute approximate surface area is 201 Å². The average molecular weight is 490 g/mol. The lowest BCUT2D eigenvalue weighted by Gasteiger charge is -2.16. The zero-order chi connectivity index (χ0) is 23.8. The number of nitriles is 1. The molecule has 0 bridgehead atoms. The van der Waals surface area contributed by atoms with Gasteiger partial charge >= 0.3 is 7.82 Å². The second kappa shape index (κ2) is 10.8. The number of thioether (sulfide) groups is 1. The molecule has 170 valence electrons. The van der Waals surface area contributed by atoms with Crippen LogP contribution in [-0.2, 0) is 9.19 Å². The van der Waals surface area contributed by atoms with Gasteiger partial charge in [-0.1, -0.05) is 53.3 Å². The van der Waals surface area contributed by atoms with Gasteiger partial charge < -0.3 is 13.8 Å². The van der Waals surface area contributed by atoms with E-state index < -0.39 is 7.82 Å². The van der Waals surface area contributed by atoms with E-state index in [1.807, 2.05) is 0 Å². The van der Waals surface area contributed by atoms with Crippen molar-refractivity contribution < 1.29 is 23.0 Å². The largest absolute Gasteiger partial charge is 0.668 e. The fraction of sp³-hybridized carbons (Fsp3) is 0.0400. The number of rotatable bonds is 8. The molecule has 0 N–H and O–H groups in total. The average Bonchev–Trinajstić information content (AvgIpc) is 3.34. The summed E-state index contributed by atoms with van der Waals surface area (Å²) in [6, 6.07) is 26.5. The van der Waals surface area contributed by atoms with Crippen LogP contribution in [0.15, 0.2) is 107 Å². The second-order valence-corrected chi connectivity index (χ2v) is 9.27. The van der Waals surface area contributed by atoms with E-state index in [9.17, 15) is 9.83 Å². The van der Waals surface area contributed by atoms with E-state index in [-0.39, 0.29) is 0 Å². The summed E-state index contributed by atoms with van der Waals surface area (Å²) in [5.41, 5.74) is 1.21. The molecule has 1 heterocycles. The number of methoxy groups -OCH3 is 1. The number of hydrogen-bond acceptors (Lipinski definition) is 8. The van der Waals surface area contributed by atoms with E-state index in [1.54, 1.807) is 104 Å². The third kappa shape index (κ3) is 5.90. The van der Waals surface area contributed by atoms with E-state index >= 15 is 0 Å². The fourth-order valence-electron chi connectivity index (χ4n) is 2.89. The van der Waals surface area contributed by atoms with Crippen molar-refractivity contribution in [2.45, 2.75) is 0 Å². The highest BCUT2D eigenvalue weighted by Crippen LogP contribution is 2.50. The Bertz CT molecular complexity index is 1270. The molecule has 0 fully saturated rings. The molecule has 4 rings (SSSR count). The summed E-state index contributed by atoms with van der Waals surface area (Å²) in [7, 11) is -2.58. The Kier molecular flexibility index (Phi) is 7.38. The predicted molar refractivity (Wildman–Crippen MR) is 133 cm³/mol. The molecule has 0 aliphatic carbocycles. The first-order chi connectivity index (χ1) is 16.6. The topological polar surface area (TPSA) is 90.1 Å². The van der Waals surface area contributed by atoms with Crippen molar-refractivity contribution in [2.75, 3.05) is 7.11 Å². The van der Waals surface area contributed by atoms with E-state index in [1.165, 1.54) is 11.8 Å². The zero-order valence-corrected chi connectivity index (χ0v) is 19.7. The second-order valence-electron chi connectivity index (χ2n) is 6.78. The molecule has 0 aromatic heterocycles. The Morgan fingerprint density at radius 1 is 0.853 bits per heavy atom. The minimum atomic E-state index is -4.16. The predicted octanol–water partition coefficient (Wildman–Crippen LogP) is 6.83. The first-order valence-electron chi connectivity index (χ1n) is 10.1. The molecular weight excluding hydrogens is 471 g/mol. The molecule has 0 saturated heterocycles. The van der Waals surface area contributed by atoms with Crippen LogP contribution in [0.1, 0.15) is 5.56 Å². The van der Waals surface area contributed by atoms with Crippen molar-refractivity contribution in [3.63, 3.8) is 0 Å². The minimum absolute atomic E-state index is 0.309. The summed E-state index contributed by atoms with van der Waals surface area (Å²) in [4.78, 5) is 0.679. The van der Waals surface area contributed by atoms with Crippen LogP contribution < -0.4 is 13.8 Å². The van der Waals surface area contributed by atoms with E-state index in [0.29, 0.717) is 32.8 Å². The Hall–Kier alpha value is -3.92. The number of ether oxygens (including phenoxy) is 1. The van der Waals surface area contributed by atoms with Crippen molar-refractivity contribution >= 4 is 30.2 Å². The lowest BCUT2D eigenvalue weighted by atomic mass is 10.1. The summed E-state index contributed by atoms with van der Waals surface area (Å²) in [5.74, 6) is 1.32. The van der Waals surface area contributed by atoms with Crippen LogP contribution in [0.2, 0.25) is 0 Å². The number of hydrogen-bond donors (Lipinski definition) is 0. The van der Waals surface area contributed by atoms with Crippen LogP contribution in [0.4, 0.5) is 0 Å². The number of phosphoric ester groups is 1. The van der Waals surface area contributed by atoms with Gasteiger partial charge in [0.15, 0.2) is 0 Å². The molecule has 7 nitrogen and oxygen atoms in total. The third-order valence-electron chi connectivity index (χ3n) is 4.48. The first-order valence-corrected chi connectivity index (χ1v) is 12.4. The molecular formula is C25H19N2O5PS. The van der Waals surface area contributed by atoms with Crippen molar-refractivity contribution in [3.05, 3.63) is 108 Å². The molecule has 3 aromatic rings. The Morgan fingerprint density at radius 2 is 1.44 bits per heavy atom. The van der Waals surface area contributed by atoms with Gasteiger partial charge in [0.1, 0.15) is 28.4 Å². The normalized spacial score (nSPS) is 15.5. The molecule has 0 unspecified atom stereocenters. The molecule has 0 radical (unpaired) electrons. The number of nitrogens with zero attached hydrogens (tertiary/aromatic N) is 2. The Morgan fingerprint density at radius 3 is 1.97 bits per heavy atom. The van der Waals surface area contributed by atoms with Gasteiger partial charge in [-0.05, 0) is 66.2 Å². The van der Waals surface area contributed by atoms with Crippen molar-refractivity contribution in [2.24, 2.45) is 5.16 Å². The van der Waals surface area contributed by atoms with Gasteiger partial charge in [-0.15, -0.1) is 0 Å². The first kappa shape index (κ1) is 23.2. The number of allylic oxidation sites excluding steroid dienone is 2. The fourth-order valence-corrected chi connectivity index (χ4v) is 4.84. The van der Waals surface area contributed by atoms with Crippen molar-refractivity contribution in [1.29, 1.82) is 5.26 Å². The van der Waals surface area contributed by atoms with Crippen molar-refractivity contribution in [1.82, 2.24) is 0 Å². The van der Waals surface area contributed by atoms with Gasteiger partial charge in [0.05, 0.1) is 12.7 Å². The Balaban J connectivity index is 1.54. The maximum atomic E-state index is 13.4. The number of oxime groups is 1. The lowest BCUT2D eigenvalue weighted by molar-refractivity contribution is 0.219. The molecule has 34 heavy (non-hydrogen) atoms. The lowest BCUT2D eigenvalue weighted by Crippen LogP contribution is -2.03. The van der Waals surface area contributed by atoms with E-state index in [2.05, 4.69) is 11.2 Å².